The van der Waals surface area contributed by atoms with Gasteiger partial charge in [-0.1, -0.05) is 0 Å². The van der Waals surface area contributed by atoms with Gasteiger partial charge in [0, 0.05) is 0 Å². The summed E-state index contributed by atoms with van der Waals surface area (Å²) in [5.41, 5.74) is 9.49. The van der Waals surface area contributed by atoms with E-state index in [0.29, 0.717) is 17.2 Å². The number of nitrogen functional groups attached to an aromatic ring is 1. The standard InChI is InChI=1S/C20H21F3IN4O/c1-5-15(10-18(24-6-2)29-11-20(21,22)23)28-12-26-19(27-28)14-7-8-17(25)16(9-14)13(3)4/h5-10,12H,2-3,11,25H2,1,4H3/q-1/b15-5+,18-10+. The van der Waals surface area contributed by atoms with Crippen molar-refractivity contribution >= 4 is 17.0 Å². The zero-order valence-electron chi connectivity index (χ0n) is 16.0. The third kappa shape index (κ3) is 6.48. The molecular weight excluding hydrogens is 496 g/mol. The number of aromatic nitrogens is 3. The fraction of sp³-hybridized carbons (Fsp3) is 0.200. The second-order valence-corrected chi connectivity index (χ2v) is 8.49. The summed E-state index contributed by atoms with van der Waals surface area (Å²) in [6, 6.07) is 5.41. The Bertz CT molecular complexity index is 961. The summed E-state index contributed by atoms with van der Waals surface area (Å²) in [5, 5.41) is 4.43. The van der Waals surface area contributed by atoms with Gasteiger partial charge in [0.25, 0.3) is 0 Å². The van der Waals surface area contributed by atoms with E-state index in [4.69, 9.17) is 10.5 Å². The van der Waals surface area contributed by atoms with E-state index in [-0.39, 0.29) is 3.77 Å². The van der Waals surface area contributed by atoms with Crippen LogP contribution < -0.4 is 26.9 Å². The number of rotatable bonds is 8. The summed E-state index contributed by atoms with van der Waals surface area (Å²) in [7, 11) is 0. The molecule has 0 fully saturated rings. The van der Waals surface area contributed by atoms with Crippen molar-refractivity contribution in [3.63, 3.8) is 0 Å². The Balaban J connectivity index is 2.32. The third-order valence-corrected chi connectivity index (χ3v) is 5.32. The zero-order chi connectivity index (χ0) is 21.6. The molecule has 0 saturated heterocycles. The summed E-state index contributed by atoms with van der Waals surface area (Å²) < 4.78 is 45.7. The zero-order valence-corrected chi connectivity index (χ0v) is 18.2. The van der Waals surface area contributed by atoms with Crippen LogP contribution in [-0.4, -0.2) is 27.5 Å². The van der Waals surface area contributed by atoms with Gasteiger partial charge < -0.3 is 0 Å². The summed E-state index contributed by atoms with van der Waals surface area (Å²) in [4.78, 5) is 4.30. The van der Waals surface area contributed by atoms with E-state index in [1.54, 1.807) is 29.2 Å². The van der Waals surface area contributed by atoms with Gasteiger partial charge in [-0.25, -0.2) is 0 Å². The SMILES string of the molecule is C=C[I-]/C(=C\C(=C/C)n1cnc(-c2ccc(N)c(C(=C)C)c2)n1)OCC(F)(F)F. The summed E-state index contributed by atoms with van der Waals surface area (Å²) >= 11 is -0.901. The number of hydrogen-bond acceptors (Lipinski definition) is 4. The molecule has 0 atom stereocenters. The van der Waals surface area contributed by atoms with Gasteiger partial charge in [-0.3, -0.25) is 0 Å². The van der Waals surface area contributed by atoms with Crippen LogP contribution in [0.3, 0.4) is 0 Å². The fourth-order valence-electron chi connectivity index (χ4n) is 2.31. The quantitative estimate of drug-likeness (QED) is 0.252. The van der Waals surface area contributed by atoms with E-state index >= 15 is 0 Å². The summed E-state index contributed by atoms with van der Waals surface area (Å²) in [5.74, 6) is 0.455. The van der Waals surface area contributed by atoms with Crippen LogP contribution in [0.5, 0.6) is 0 Å². The van der Waals surface area contributed by atoms with Gasteiger partial charge in [-0.15, -0.1) is 0 Å². The summed E-state index contributed by atoms with van der Waals surface area (Å²) in [6.45, 7) is 9.77. The van der Waals surface area contributed by atoms with Gasteiger partial charge in [0.1, 0.15) is 0 Å². The number of alkyl halides is 3. The Labute approximate surface area is 177 Å². The van der Waals surface area contributed by atoms with Crippen LogP contribution >= 0.6 is 0 Å². The van der Waals surface area contributed by atoms with E-state index in [1.165, 1.54) is 17.1 Å². The number of benzene rings is 1. The molecule has 29 heavy (non-hydrogen) atoms. The molecule has 1 aromatic carbocycles. The summed E-state index contributed by atoms with van der Waals surface area (Å²) in [6.07, 6.45) is 0.328. The first-order valence-electron chi connectivity index (χ1n) is 8.44. The Morgan fingerprint density at radius 3 is 2.69 bits per heavy atom. The van der Waals surface area contributed by atoms with Gasteiger partial charge in [-0.05, 0) is 0 Å². The minimum absolute atomic E-state index is 0.235. The maximum atomic E-state index is 12.5. The molecule has 0 amide bonds. The van der Waals surface area contributed by atoms with Gasteiger partial charge in [-0.2, -0.15) is 0 Å². The van der Waals surface area contributed by atoms with Crippen molar-refractivity contribution < 1.29 is 39.1 Å². The molecule has 0 spiro atoms. The van der Waals surface area contributed by atoms with Crippen molar-refractivity contribution in [1.82, 2.24) is 14.8 Å². The molecule has 5 nitrogen and oxygen atoms in total. The Hall–Kier alpha value is -2.56. The van der Waals surface area contributed by atoms with Crippen molar-refractivity contribution in [2.45, 2.75) is 20.0 Å². The average molecular weight is 517 g/mol. The van der Waals surface area contributed by atoms with E-state index in [1.807, 2.05) is 13.0 Å². The predicted octanol–water partition coefficient (Wildman–Crippen LogP) is 2.07. The maximum absolute atomic E-state index is 12.5. The number of nitrogens with two attached hydrogens (primary N) is 1. The minimum atomic E-state index is -4.41. The van der Waals surface area contributed by atoms with Gasteiger partial charge in [0.2, 0.25) is 0 Å². The topological polar surface area (TPSA) is 66.0 Å². The molecule has 0 unspecified atom stereocenters. The number of halogens is 4. The molecule has 9 heteroatoms. The van der Waals surface area contributed by atoms with Crippen LogP contribution in [0.25, 0.3) is 22.7 Å². The van der Waals surface area contributed by atoms with Crippen LogP contribution in [0.15, 0.2) is 57.7 Å². The molecule has 0 aliphatic rings. The predicted molar refractivity (Wildman–Crippen MR) is 105 cm³/mol. The third-order valence-electron chi connectivity index (χ3n) is 3.64. The Morgan fingerprint density at radius 1 is 1.38 bits per heavy atom. The van der Waals surface area contributed by atoms with Gasteiger partial charge in [0.15, 0.2) is 0 Å². The first kappa shape index (κ1) is 22.7. The van der Waals surface area contributed by atoms with E-state index in [2.05, 4.69) is 23.2 Å². The van der Waals surface area contributed by atoms with Crippen LogP contribution in [0.1, 0.15) is 19.4 Å². The van der Waals surface area contributed by atoms with Gasteiger partial charge in [0.05, 0.1) is 0 Å². The first-order chi connectivity index (χ1) is 13.6. The van der Waals surface area contributed by atoms with Crippen LogP contribution in [0.2, 0.25) is 0 Å². The van der Waals surface area contributed by atoms with Crippen LogP contribution in [-0.2, 0) is 4.74 Å². The monoisotopic (exact) mass is 517 g/mol. The molecule has 156 valence electrons. The van der Waals surface area contributed by atoms with Crippen molar-refractivity contribution in [3.8, 4) is 11.4 Å². The van der Waals surface area contributed by atoms with Gasteiger partial charge >= 0.3 is 178 Å². The molecule has 2 N–H and O–H groups in total. The fourth-order valence-corrected chi connectivity index (χ4v) is 3.58. The molecule has 0 aliphatic carbocycles. The van der Waals surface area contributed by atoms with E-state index in [0.717, 1.165) is 16.7 Å². The molecule has 0 saturated carbocycles. The molecule has 2 aromatic rings. The number of hydrogen-bond donors (Lipinski definition) is 1. The number of allylic oxidation sites excluding steroid dienone is 4. The number of anilines is 1. The second kappa shape index (κ2) is 9.77. The molecular formula is C20H21F3IN4O-. The Kier molecular flexibility index (Phi) is 7.66. The molecule has 1 heterocycles. The molecule has 0 aliphatic heterocycles. The normalized spacial score (nSPS) is 12.9. The number of nitrogens with zero attached hydrogens (tertiary/aromatic N) is 3. The first-order valence-corrected chi connectivity index (χ1v) is 10.8. The van der Waals surface area contributed by atoms with Crippen molar-refractivity contribution in [2.75, 3.05) is 12.3 Å². The Morgan fingerprint density at radius 2 is 2.10 bits per heavy atom. The van der Waals surface area contributed by atoms with Crippen molar-refractivity contribution in [3.05, 3.63) is 63.2 Å². The molecule has 1 aromatic heterocycles. The second-order valence-electron chi connectivity index (χ2n) is 5.92. The number of ether oxygens (including phenoxy) is 1. The van der Waals surface area contributed by atoms with E-state index < -0.39 is 34.0 Å². The molecule has 2 rings (SSSR count). The van der Waals surface area contributed by atoms with Crippen LogP contribution in [0, 0.1) is 0 Å². The molecule has 0 radical (unpaired) electrons. The van der Waals surface area contributed by atoms with Crippen molar-refractivity contribution in [2.24, 2.45) is 0 Å². The van der Waals surface area contributed by atoms with Crippen molar-refractivity contribution in [1.29, 1.82) is 0 Å². The van der Waals surface area contributed by atoms with Crippen LogP contribution in [0.4, 0.5) is 18.9 Å². The average Bonchev–Trinajstić information content (AvgIpc) is 3.13. The molecule has 0 bridgehead atoms. The van der Waals surface area contributed by atoms with E-state index in [9.17, 15) is 13.2 Å².